The molecule has 2 aliphatic rings. The first kappa shape index (κ1) is 31.9. The third-order valence-electron chi connectivity index (χ3n) is 11.2. The number of benzene rings is 7. The van der Waals surface area contributed by atoms with Crippen molar-refractivity contribution in [1.29, 1.82) is 0 Å². The molecule has 0 saturated heterocycles. The lowest BCUT2D eigenvalue weighted by Crippen LogP contribution is -2.29. The first-order valence-electron chi connectivity index (χ1n) is 18.7. The highest BCUT2D eigenvalue weighted by Crippen LogP contribution is 2.42. The second kappa shape index (κ2) is 13.0. The molecule has 0 spiro atoms. The molecule has 7 aromatic carbocycles. The van der Waals surface area contributed by atoms with Gasteiger partial charge in [0.2, 0.25) is 0 Å². The van der Waals surface area contributed by atoms with Gasteiger partial charge in [0.25, 0.3) is 0 Å². The molecule has 1 aliphatic heterocycles. The number of aromatic amines is 1. The predicted octanol–water partition coefficient (Wildman–Crippen LogP) is 13.7. The second-order valence-corrected chi connectivity index (χ2v) is 14.6. The minimum Gasteiger partial charge on any atom is -0.355 e. The molecule has 2 heterocycles. The van der Waals surface area contributed by atoms with Crippen molar-refractivity contribution in [3.8, 4) is 11.1 Å². The lowest BCUT2D eigenvalue weighted by molar-refractivity contribution is 0.548. The van der Waals surface area contributed by atoms with Gasteiger partial charge in [-0.3, -0.25) is 0 Å². The summed E-state index contributed by atoms with van der Waals surface area (Å²) in [4.78, 5) is 5.96. The predicted molar refractivity (Wildman–Crippen MR) is 231 cm³/mol. The fraction of sp³-hybridized carbons (Fsp3) is 0.0588. The summed E-state index contributed by atoms with van der Waals surface area (Å²) in [6, 6.07) is 52.5. The first-order valence-corrected chi connectivity index (χ1v) is 18.7. The highest BCUT2D eigenvalue weighted by molar-refractivity contribution is 6.09. The van der Waals surface area contributed by atoms with Crippen LogP contribution < -0.4 is 10.2 Å². The van der Waals surface area contributed by atoms with E-state index in [9.17, 15) is 0 Å². The molecule has 2 atom stereocenters. The van der Waals surface area contributed by atoms with Crippen LogP contribution in [0.15, 0.2) is 200 Å². The summed E-state index contributed by atoms with van der Waals surface area (Å²) >= 11 is 0. The van der Waals surface area contributed by atoms with Crippen molar-refractivity contribution in [2.45, 2.75) is 6.92 Å². The van der Waals surface area contributed by atoms with Gasteiger partial charge in [-0.25, -0.2) is 0 Å². The van der Waals surface area contributed by atoms with E-state index in [4.69, 9.17) is 6.58 Å². The van der Waals surface area contributed by atoms with Crippen LogP contribution in [0.4, 0.5) is 17.1 Å². The number of allylic oxidation sites excluding steroid dienone is 7. The molecule has 3 nitrogen and oxygen atoms in total. The van der Waals surface area contributed by atoms with Gasteiger partial charge < -0.3 is 15.2 Å². The van der Waals surface area contributed by atoms with E-state index in [0.717, 1.165) is 55.9 Å². The Bertz CT molecular complexity index is 2920. The van der Waals surface area contributed by atoms with Gasteiger partial charge in [-0.2, -0.15) is 0 Å². The normalized spacial score (nSPS) is 18.6. The summed E-state index contributed by atoms with van der Waals surface area (Å²) in [5.41, 5.74) is 12.4. The van der Waals surface area contributed by atoms with Crippen LogP contribution in [-0.2, 0) is 0 Å². The van der Waals surface area contributed by atoms with E-state index in [1.807, 2.05) is 0 Å². The van der Waals surface area contributed by atoms with Crippen LogP contribution in [0.25, 0.3) is 60.1 Å². The maximum Gasteiger partial charge on any atom is 0.0465 e. The van der Waals surface area contributed by atoms with Crippen molar-refractivity contribution in [1.82, 2.24) is 4.98 Å². The smallest absolute Gasteiger partial charge is 0.0465 e. The Labute approximate surface area is 315 Å². The zero-order valence-electron chi connectivity index (χ0n) is 30.1. The summed E-state index contributed by atoms with van der Waals surface area (Å²) in [6.07, 6.45) is 13.5. The maximum absolute atomic E-state index is 4.71. The van der Waals surface area contributed by atoms with Crippen LogP contribution in [0.2, 0.25) is 0 Å². The van der Waals surface area contributed by atoms with E-state index >= 15 is 0 Å². The van der Waals surface area contributed by atoms with Crippen molar-refractivity contribution in [3.05, 3.63) is 206 Å². The lowest BCUT2D eigenvalue weighted by Gasteiger charge is -2.36. The molecule has 0 fully saturated rings. The molecular formula is C51H39N3. The number of H-pyrrole nitrogens is 1. The van der Waals surface area contributed by atoms with Gasteiger partial charge in [-0.1, -0.05) is 123 Å². The molecule has 0 saturated carbocycles. The third kappa shape index (κ3) is 5.62. The van der Waals surface area contributed by atoms with E-state index < -0.39 is 0 Å². The minimum absolute atomic E-state index is 0.138. The number of rotatable bonds is 5. The van der Waals surface area contributed by atoms with Crippen LogP contribution in [0.5, 0.6) is 0 Å². The number of hydrogen-bond donors (Lipinski definition) is 2. The number of para-hydroxylation sites is 1. The molecular weight excluding hydrogens is 655 g/mol. The Morgan fingerprint density at radius 1 is 0.648 bits per heavy atom. The number of nitrogens with zero attached hydrogens (tertiary/aromatic N) is 1. The van der Waals surface area contributed by atoms with E-state index in [-0.39, 0.29) is 5.92 Å². The van der Waals surface area contributed by atoms with E-state index in [0.29, 0.717) is 5.92 Å². The molecule has 8 aromatic rings. The summed E-state index contributed by atoms with van der Waals surface area (Å²) in [6.45, 7) is 7.01. The molecule has 1 aliphatic carbocycles. The molecule has 2 unspecified atom stereocenters. The molecule has 3 heteroatoms. The summed E-state index contributed by atoms with van der Waals surface area (Å²) in [5, 5.41) is 11.1. The molecule has 0 amide bonds. The average Bonchev–Trinajstić information content (AvgIpc) is 3.58. The van der Waals surface area contributed by atoms with Crippen LogP contribution in [0.1, 0.15) is 12.5 Å². The van der Waals surface area contributed by atoms with Gasteiger partial charge in [-0.05, 0) is 116 Å². The topological polar surface area (TPSA) is 31.1 Å². The quantitative estimate of drug-likeness (QED) is 0.188. The average molecular weight is 694 g/mol. The Hall–Kier alpha value is -6.84. The van der Waals surface area contributed by atoms with Crippen LogP contribution in [0, 0.1) is 11.8 Å². The van der Waals surface area contributed by atoms with Crippen molar-refractivity contribution >= 4 is 66.0 Å². The van der Waals surface area contributed by atoms with Gasteiger partial charge in [-0.15, -0.1) is 0 Å². The van der Waals surface area contributed by atoms with E-state index in [2.05, 4.69) is 204 Å². The molecule has 54 heavy (non-hydrogen) atoms. The van der Waals surface area contributed by atoms with Gasteiger partial charge in [0.15, 0.2) is 0 Å². The summed E-state index contributed by atoms with van der Waals surface area (Å²) in [7, 11) is 0. The molecule has 1 aromatic heterocycles. The third-order valence-corrected chi connectivity index (χ3v) is 11.2. The lowest BCUT2D eigenvalue weighted by atomic mass is 9.79. The van der Waals surface area contributed by atoms with E-state index in [1.165, 1.54) is 38.0 Å². The van der Waals surface area contributed by atoms with Crippen LogP contribution in [-0.4, -0.2) is 4.98 Å². The summed E-state index contributed by atoms with van der Waals surface area (Å²) in [5.74, 6) is 0.440. The zero-order chi connectivity index (χ0) is 36.2. The van der Waals surface area contributed by atoms with Crippen molar-refractivity contribution in [2.75, 3.05) is 10.2 Å². The first-order chi connectivity index (χ1) is 26.6. The highest BCUT2D eigenvalue weighted by atomic mass is 15.1. The Kier molecular flexibility index (Phi) is 7.66. The van der Waals surface area contributed by atoms with Gasteiger partial charge in [0.1, 0.15) is 0 Å². The van der Waals surface area contributed by atoms with Gasteiger partial charge in [0, 0.05) is 62.2 Å². The molecule has 0 radical (unpaired) electrons. The standard InChI is InChI=1S/C51H39N3/c1-33-10-9-17-50-51(33)34(2)28-40(26-27-54(50)43-23-19-36-12-4-6-14-38(36)30-43)39-20-24-48(52-42-22-18-35-11-3-5-13-37(35)29-42)45(31-39)41-21-25-49-46(32-41)44-15-7-8-16-47(44)53-49/h3-33,51-53H,2H2,1H3/b27-26-,40-28+. The minimum atomic E-state index is 0.138. The monoisotopic (exact) mass is 693 g/mol. The number of nitrogens with one attached hydrogen (secondary N) is 2. The molecule has 2 N–H and O–H groups in total. The molecule has 258 valence electrons. The Morgan fingerprint density at radius 3 is 2.22 bits per heavy atom. The largest absolute Gasteiger partial charge is 0.355 e. The number of fused-ring (bicyclic) bond motifs is 6. The number of hydrogen-bond acceptors (Lipinski definition) is 2. The molecule has 0 bridgehead atoms. The van der Waals surface area contributed by atoms with Gasteiger partial charge in [0.05, 0.1) is 0 Å². The number of anilines is 3. The van der Waals surface area contributed by atoms with Gasteiger partial charge >= 0.3 is 0 Å². The van der Waals surface area contributed by atoms with Crippen LogP contribution >= 0.6 is 0 Å². The van der Waals surface area contributed by atoms with E-state index in [1.54, 1.807) is 0 Å². The maximum atomic E-state index is 4.71. The second-order valence-electron chi connectivity index (χ2n) is 14.6. The highest BCUT2D eigenvalue weighted by Gasteiger charge is 2.29. The Morgan fingerprint density at radius 2 is 1.37 bits per heavy atom. The number of aromatic nitrogens is 1. The van der Waals surface area contributed by atoms with Crippen molar-refractivity contribution in [2.24, 2.45) is 11.8 Å². The Balaban J connectivity index is 1.11. The van der Waals surface area contributed by atoms with Crippen molar-refractivity contribution < 1.29 is 0 Å². The fourth-order valence-corrected chi connectivity index (χ4v) is 8.40. The zero-order valence-corrected chi connectivity index (χ0v) is 30.1. The fourth-order valence-electron chi connectivity index (χ4n) is 8.40. The van der Waals surface area contributed by atoms with Crippen molar-refractivity contribution in [3.63, 3.8) is 0 Å². The van der Waals surface area contributed by atoms with Crippen LogP contribution in [0.3, 0.4) is 0 Å². The molecule has 10 rings (SSSR count). The summed E-state index contributed by atoms with van der Waals surface area (Å²) < 4.78 is 0. The SMILES string of the molecule is C=C1/C=C(c2ccc(Nc3ccc4ccccc4c3)c(-c3ccc4[nH]c5ccccc5c4c3)c2)\C=C/N(c2ccc3ccccc3c2)C2=CC=CC(C)C12.